The van der Waals surface area contributed by atoms with Crippen LogP contribution < -0.4 is 0 Å². The number of carboxylic acids is 1. The van der Waals surface area contributed by atoms with Crippen molar-refractivity contribution in [1.29, 1.82) is 0 Å². The molecule has 378 valence electrons. The predicted molar refractivity (Wildman–Crippen MR) is 231 cm³/mol. The first-order valence-corrected chi connectivity index (χ1v) is 24.3. The number of carboxylic acid groups (broad SMARTS) is 1. The summed E-state index contributed by atoms with van der Waals surface area (Å²) < 4.78 is 36.2. The summed E-state index contributed by atoms with van der Waals surface area (Å²) in [6.07, 6.45) is -17.6. The highest BCUT2D eigenvalue weighted by Gasteiger charge is 2.70. The fraction of sp³-hybridized carbons (Fsp3) is 0.938. The molecule has 0 aromatic carbocycles. The molecule has 11 N–H and O–H groups in total. The number of rotatable bonds is 9. The number of hydrogen-bond donors (Lipinski definition) is 11. The minimum atomic E-state index is -2.07. The minimum Gasteiger partial charge on any atom is -0.479 e. The standard InChI is InChI=1S/C48H78O18/c1-21-29(52)31(54)35(58)40(61-21)65-37-32(55)30(53)24(19-49)62-41(37)66-38-34(57)33(56)36(39(59)60)64-42(38)63-28-12-13-45(5)25(46(28,6)20-50)11-14-48(8)26(45)10-9-22-23-17-43(2,3)18-27(51)44(23,4)15-16-47(22,48)7/h9,21,23-38,40-42,49-58H,10-20H2,1-8H3,(H,59,60)/t21-,23-,24+,25?,26?,27+,28-,29-,30-,31+,32-,33-,34-,35+,36-,37+,38+,40-,41-,42+,44+,45-,46+,47+,48+/m0/s1. The Morgan fingerprint density at radius 2 is 1.30 bits per heavy atom. The Hall–Kier alpha value is -1.43. The largest absolute Gasteiger partial charge is 0.479 e. The molecule has 66 heavy (non-hydrogen) atoms. The Morgan fingerprint density at radius 3 is 1.94 bits per heavy atom. The molecule has 5 aliphatic carbocycles. The summed E-state index contributed by atoms with van der Waals surface area (Å²) in [5.41, 5.74) is -0.0545. The number of aliphatic hydroxyl groups is 10. The van der Waals surface area contributed by atoms with Crippen LogP contribution in [0.25, 0.3) is 0 Å². The number of carbonyl (C=O) groups is 1. The van der Waals surface area contributed by atoms with Gasteiger partial charge in [-0.2, -0.15) is 0 Å². The summed E-state index contributed by atoms with van der Waals surface area (Å²) >= 11 is 0. The van der Waals surface area contributed by atoms with Crippen molar-refractivity contribution in [2.75, 3.05) is 13.2 Å². The summed E-state index contributed by atoms with van der Waals surface area (Å²) in [4.78, 5) is 12.5. The number of allylic oxidation sites excluding steroid dienone is 2. The second-order valence-corrected chi connectivity index (χ2v) is 23.6. The van der Waals surface area contributed by atoms with Crippen LogP contribution in [-0.2, 0) is 33.2 Å². The van der Waals surface area contributed by atoms with Crippen molar-refractivity contribution in [2.24, 2.45) is 50.2 Å². The molecule has 7 fully saturated rings. The van der Waals surface area contributed by atoms with Crippen LogP contribution in [0.2, 0.25) is 0 Å². The normalized spacial score (nSPS) is 55.9. The smallest absolute Gasteiger partial charge is 0.335 e. The Balaban J connectivity index is 1.08. The van der Waals surface area contributed by atoms with Crippen molar-refractivity contribution in [3.8, 4) is 0 Å². The molecule has 0 radical (unpaired) electrons. The second-order valence-electron chi connectivity index (χ2n) is 23.6. The highest BCUT2D eigenvalue weighted by Crippen LogP contribution is 2.76. The SMILES string of the molecule is C[C@@H]1O[C@@H](O[C@H]2[C@H](O[C@H]3[C@H](O[C@H]4CC[C@@]5(C)C(CC[C@]6(C)C5CC=C5[C@@H]7CC(C)(C)C[C@@H](O)[C@]7(C)CC[C@]56C)[C@@]4(C)CO)O[C@H](C(=O)O)[C@@H](O)[C@@H]3O)O[C@H](CO)[C@H](O)[C@@H]2O)[C@H](O)[C@H](O)[C@H]1O. The van der Waals surface area contributed by atoms with E-state index >= 15 is 0 Å². The topological polar surface area (TPSA) is 295 Å². The first-order chi connectivity index (χ1) is 30.7. The van der Waals surface area contributed by atoms with E-state index in [1.807, 2.05) is 6.92 Å². The number of ether oxygens (including phenoxy) is 6. The van der Waals surface area contributed by atoms with Crippen LogP contribution in [0.1, 0.15) is 113 Å². The molecule has 25 atom stereocenters. The van der Waals surface area contributed by atoms with E-state index in [0.29, 0.717) is 12.8 Å². The van der Waals surface area contributed by atoms with Crippen molar-refractivity contribution in [1.82, 2.24) is 0 Å². The highest BCUT2D eigenvalue weighted by molar-refractivity contribution is 5.73. The lowest BCUT2D eigenvalue weighted by Crippen LogP contribution is -2.68. The lowest BCUT2D eigenvalue weighted by atomic mass is 9.33. The van der Waals surface area contributed by atoms with Crippen LogP contribution in [-0.4, -0.2) is 180 Å². The molecule has 18 nitrogen and oxygen atoms in total. The van der Waals surface area contributed by atoms with E-state index in [1.54, 1.807) is 0 Å². The summed E-state index contributed by atoms with van der Waals surface area (Å²) in [5, 5.41) is 120. The third-order valence-electron chi connectivity index (χ3n) is 19.5. The second kappa shape index (κ2) is 17.7. The van der Waals surface area contributed by atoms with Gasteiger partial charge in [-0.25, -0.2) is 4.79 Å². The molecular weight excluding hydrogens is 865 g/mol. The van der Waals surface area contributed by atoms with Crippen LogP contribution >= 0.6 is 0 Å². The highest BCUT2D eigenvalue weighted by atomic mass is 16.8. The van der Waals surface area contributed by atoms with Crippen LogP contribution in [0.5, 0.6) is 0 Å². The van der Waals surface area contributed by atoms with E-state index in [9.17, 15) is 61.0 Å². The molecule has 0 aromatic rings. The van der Waals surface area contributed by atoms with Gasteiger partial charge in [-0.3, -0.25) is 0 Å². The monoisotopic (exact) mass is 943 g/mol. The molecule has 0 amide bonds. The molecular formula is C48H78O18. The molecule has 8 rings (SSSR count). The summed E-state index contributed by atoms with van der Waals surface area (Å²) in [6.45, 7) is 16.3. The number of aliphatic hydroxyl groups excluding tert-OH is 10. The fourth-order valence-electron chi connectivity index (χ4n) is 15.1. The zero-order valence-corrected chi connectivity index (χ0v) is 39.7. The van der Waals surface area contributed by atoms with Gasteiger partial charge in [0, 0.05) is 10.8 Å². The van der Waals surface area contributed by atoms with Crippen molar-refractivity contribution < 1.29 is 89.4 Å². The maximum Gasteiger partial charge on any atom is 0.335 e. The lowest BCUT2D eigenvalue weighted by molar-refractivity contribution is -0.396. The van der Waals surface area contributed by atoms with Crippen LogP contribution in [0.15, 0.2) is 11.6 Å². The molecule has 3 saturated heterocycles. The van der Waals surface area contributed by atoms with Gasteiger partial charge in [-0.05, 0) is 104 Å². The molecule has 3 heterocycles. The van der Waals surface area contributed by atoms with E-state index in [2.05, 4.69) is 47.6 Å². The van der Waals surface area contributed by atoms with Gasteiger partial charge in [0.15, 0.2) is 25.0 Å². The van der Waals surface area contributed by atoms with Crippen molar-refractivity contribution >= 4 is 5.97 Å². The van der Waals surface area contributed by atoms with Crippen LogP contribution in [0.3, 0.4) is 0 Å². The number of hydrogen-bond acceptors (Lipinski definition) is 17. The van der Waals surface area contributed by atoms with Gasteiger partial charge in [-0.1, -0.05) is 60.1 Å². The van der Waals surface area contributed by atoms with Gasteiger partial charge in [-0.15, -0.1) is 0 Å². The third-order valence-corrected chi connectivity index (χ3v) is 19.5. The van der Waals surface area contributed by atoms with E-state index in [-0.39, 0.29) is 57.5 Å². The van der Waals surface area contributed by atoms with E-state index in [1.165, 1.54) is 12.5 Å². The molecule has 8 aliphatic rings. The van der Waals surface area contributed by atoms with Crippen LogP contribution in [0, 0.1) is 50.2 Å². The van der Waals surface area contributed by atoms with Crippen molar-refractivity contribution in [2.45, 2.75) is 218 Å². The first-order valence-electron chi connectivity index (χ1n) is 24.3. The first kappa shape index (κ1) is 50.9. The Morgan fingerprint density at radius 1 is 0.667 bits per heavy atom. The average Bonchev–Trinajstić information content (AvgIpc) is 3.25. The van der Waals surface area contributed by atoms with Gasteiger partial charge in [0.05, 0.1) is 31.5 Å². The Bertz CT molecular complexity index is 1820. The van der Waals surface area contributed by atoms with Gasteiger partial charge < -0.3 is 84.6 Å². The maximum absolute atomic E-state index is 12.5. The zero-order chi connectivity index (χ0) is 48.4. The number of fused-ring (bicyclic) bond motifs is 7. The Kier molecular flexibility index (Phi) is 13.7. The maximum atomic E-state index is 12.5. The molecule has 4 saturated carbocycles. The molecule has 0 spiro atoms. The average molecular weight is 943 g/mol. The number of aliphatic carboxylic acids is 1. The molecule has 0 bridgehead atoms. The van der Waals surface area contributed by atoms with Gasteiger partial charge in [0.2, 0.25) is 0 Å². The lowest BCUT2D eigenvalue weighted by Gasteiger charge is -2.72. The molecule has 0 aromatic heterocycles. The third kappa shape index (κ3) is 7.78. The van der Waals surface area contributed by atoms with Gasteiger partial charge in [0.1, 0.15) is 61.0 Å². The van der Waals surface area contributed by atoms with Gasteiger partial charge >= 0.3 is 5.97 Å². The van der Waals surface area contributed by atoms with Crippen molar-refractivity contribution in [3.05, 3.63) is 11.6 Å². The fourth-order valence-corrected chi connectivity index (χ4v) is 15.1. The minimum absolute atomic E-state index is 0.0166. The van der Waals surface area contributed by atoms with Crippen LogP contribution in [0.4, 0.5) is 0 Å². The molecule has 2 unspecified atom stereocenters. The molecule has 3 aliphatic heterocycles. The Labute approximate surface area is 387 Å². The summed E-state index contributed by atoms with van der Waals surface area (Å²) in [7, 11) is 0. The van der Waals surface area contributed by atoms with E-state index < -0.39 is 116 Å². The summed E-state index contributed by atoms with van der Waals surface area (Å²) in [6, 6.07) is 0. The quantitative estimate of drug-likeness (QED) is 0.112. The molecule has 18 heteroatoms. The predicted octanol–water partition coefficient (Wildman–Crippen LogP) is 0.705. The summed E-state index contributed by atoms with van der Waals surface area (Å²) in [5.74, 6) is -1.16. The van der Waals surface area contributed by atoms with E-state index in [0.717, 1.165) is 44.9 Å². The zero-order valence-electron chi connectivity index (χ0n) is 39.7. The van der Waals surface area contributed by atoms with Crippen molar-refractivity contribution in [3.63, 3.8) is 0 Å². The van der Waals surface area contributed by atoms with E-state index in [4.69, 9.17) is 28.4 Å². The van der Waals surface area contributed by atoms with Gasteiger partial charge in [0.25, 0.3) is 0 Å².